The Bertz CT molecular complexity index is 624. The molecule has 2 N–H and O–H groups in total. The Labute approximate surface area is 124 Å². The van der Waals surface area contributed by atoms with Gasteiger partial charge in [-0.05, 0) is 57.1 Å². The van der Waals surface area contributed by atoms with Gasteiger partial charge in [0.1, 0.15) is 5.82 Å². The lowest BCUT2D eigenvalue weighted by Gasteiger charge is -2.25. The Morgan fingerprint density at radius 1 is 1.45 bits per heavy atom. The minimum Gasteiger partial charge on any atom is -0.326 e. The summed E-state index contributed by atoms with van der Waals surface area (Å²) in [5.41, 5.74) is 9.23. The number of nitrogens with zero attached hydrogens (tertiary/aromatic N) is 2. The molecule has 2 aromatic rings. The third-order valence-electron chi connectivity index (χ3n) is 4.20. The lowest BCUT2D eigenvalue weighted by Crippen LogP contribution is -2.21. The van der Waals surface area contributed by atoms with E-state index < -0.39 is 0 Å². The number of aromatic nitrogens is 2. The van der Waals surface area contributed by atoms with Crippen molar-refractivity contribution in [3.63, 3.8) is 0 Å². The second-order valence-electron chi connectivity index (χ2n) is 6.11. The molecule has 1 fully saturated rings. The lowest BCUT2D eigenvalue weighted by atomic mass is 10.0. The quantitative estimate of drug-likeness (QED) is 0.934. The highest BCUT2D eigenvalue weighted by molar-refractivity contribution is 8.00. The van der Waals surface area contributed by atoms with Crippen molar-refractivity contribution in [2.75, 3.05) is 5.75 Å². The fourth-order valence-electron chi connectivity index (χ4n) is 3.12. The van der Waals surface area contributed by atoms with Crippen LogP contribution in [0.5, 0.6) is 0 Å². The van der Waals surface area contributed by atoms with Gasteiger partial charge in [0.25, 0.3) is 0 Å². The molecule has 1 aromatic heterocycles. The summed E-state index contributed by atoms with van der Waals surface area (Å²) >= 11 is 2.05. The first kappa shape index (κ1) is 14.0. The normalized spacial score (nSPS) is 23.1. The Morgan fingerprint density at radius 2 is 2.25 bits per heavy atom. The monoisotopic (exact) mass is 289 g/mol. The van der Waals surface area contributed by atoms with Crippen LogP contribution in [0.25, 0.3) is 11.0 Å². The number of imidazole rings is 1. The smallest absolute Gasteiger partial charge is 0.126 e. The van der Waals surface area contributed by atoms with E-state index in [-0.39, 0.29) is 4.75 Å². The number of nitrogens with two attached hydrogens (primary N) is 1. The van der Waals surface area contributed by atoms with Gasteiger partial charge in [0.05, 0.1) is 15.8 Å². The fourth-order valence-corrected chi connectivity index (χ4v) is 4.42. The maximum absolute atomic E-state index is 5.75. The number of thioether (sulfide) groups is 1. The van der Waals surface area contributed by atoms with Gasteiger partial charge in [0.2, 0.25) is 0 Å². The van der Waals surface area contributed by atoms with Gasteiger partial charge in [-0.1, -0.05) is 6.07 Å². The zero-order valence-electron chi connectivity index (χ0n) is 12.5. The van der Waals surface area contributed by atoms with E-state index >= 15 is 0 Å². The van der Waals surface area contributed by atoms with E-state index in [0.29, 0.717) is 12.6 Å². The maximum atomic E-state index is 5.75. The second kappa shape index (κ2) is 5.08. The first-order valence-electron chi connectivity index (χ1n) is 7.40. The molecule has 1 aromatic carbocycles. The van der Waals surface area contributed by atoms with Crippen molar-refractivity contribution < 1.29 is 0 Å². The molecule has 1 aliphatic heterocycles. The van der Waals surface area contributed by atoms with E-state index in [1.807, 2.05) is 11.8 Å². The summed E-state index contributed by atoms with van der Waals surface area (Å²) in [7, 11) is 0. The van der Waals surface area contributed by atoms with E-state index in [9.17, 15) is 0 Å². The summed E-state index contributed by atoms with van der Waals surface area (Å²) < 4.78 is 2.57. The van der Waals surface area contributed by atoms with Crippen LogP contribution in [0.3, 0.4) is 0 Å². The van der Waals surface area contributed by atoms with Crippen LogP contribution in [0.2, 0.25) is 0 Å². The zero-order chi connectivity index (χ0) is 14.3. The number of benzene rings is 1. The molecule has 0 spiro atoms. The van der Waals surface area contributed by atoms with Crippen molar-refractivity contribution >= 4 is 22.8 Å². The largest absolute Gasteiger partial charge is 0.326 e. The molecule has 2 heterocycles. The van der Waals surface area contributed by atoms with Crippen LogP contribution in [0.4, 0.5) is 0 Å². The molecule has 1 saturated heterocycles. The van der Waals surface area contributed by atoms with Gasteiger partial charge in [-0.25, -0.2) is 4.98 Å². The molecule has 108 valence electrons. The standard InChI is InChI=1S/C16H23N3S/c1-11(2)19-14-6-5-12(10-17)9-13(14)18-15(19)16(3)7-4-8-20-16/h5-6,9,11H,4,7-8,10,17H2,1-3H3. The third kappa shape index (κ3) is 2.15. The van der Waals surface area contributed by atoms with Crippen LogP contribution in [-0.4, -0.2) is 15.3 Å². The van der Waals surface area contributed by atoms with Crippen LogP contribution in [0.15, 0.2) is 18.2 Å². The summed E-state index contributed by atoms with van der Waals surface area (Å²) in [4.78, 5) is 4.98. The molecular weight excluding hydrogens is 266 g/mol. The summed E-state index contributed by atoms with van der Waals surface area (Å²) in [6.45, 7) is 7.40. The minimum absolute atomic E-state index is 0.159. The summed E-state index contributed by atoms with van der Waals surface area (Å²) in [6, 6.07) is 6.87. The molecule has 4 heteroatoms. The lowest BCUT2D eigenvalue weighted by molar-refractivity contribution is 0.516. The molecule has 0 bridgehead atoms. The van der Waals surface area contributed by atoms with Crippen molar-refractivity contribution in [3.05, 3.63) is 29.6 Å². The highest BCUT2D eigenvalue weighted by atomic mass is 32.2. The Balaban J connectivity index is 2.22. The molecule has 3 rings (SSSR count). The molecule has 3 nitrogen and oxygen atoms in total. The van der Waals surface area contributed by atoms with Gasteiger partial charge in [-0.3, -0.25) is 0 Å². The van der Waals surface area contributed by atoms with Crippen LogP contribution in [-0.2, 0) is 11.3 Å². The Morgan fingerprint density at radius 3 is 2.85 bits per heavy atom. The van der Waals surface area contributed by atoms with Crippen molar-refractivity contribution in [3.8, 4) is 0 Å². The highest BCUT2D eigenvalue weighted by Crippen LogP contribution is 2.47. The fraction of sp³-hybridized carbons (Fsp3) is 0.562. The highest BCUT2D eigenvalue weighted by Gasteiger charge is 2.36. The molecule has 0 amide bonds. The Hall–Kier alpha value is -1.00. The van der Waals surface area contributed by atoms with Gasteiger partial charge in [0, 0.05) is 12.6 Å². The number of hydrogen-bond acceptors (Lipinski definition) is 3. The number of hydrogen-bond donors (Lipinski definition) is 1. The molecule has 0 saturated carbocycles. The minimum atomic E-state index is 0.159. The summed E-state index contributed by atoms with van der Waals surface area (Å²) in [6.07, 6.45) is 2.51. The van der Waals surface area contributed by atoms with E-state index in [0.717, 1.165) is 11.1 Å². The molecule has 1 aliphatic rings. The molecule has 0 radical (unpaired) electrons. The van der Waals surface area contributed by atoms with Crippen LogP contribution < -0.4 is 5.73 Å². The predicted octanol–water partition coefficient (Wildman–Crippen LogP) is 3.82. The average molecular weight is 289 g/mol. The zero-order valence-corrected chi connectivity index (χ0v) is 13.3. The van der Waals surface area contributed by atoms with Crippen LogP contribution in [0.1, 0.15) is 51.0 Å². The first-order chi connectivity index (χ1) is 9.55. The van der Waals surface area contributed by atoms with E-state index in [2.05, 4.69) is 43.5 Å². The first-order valence-corrected chi connectivity index (χ1v) is 8.39. The topological polar surface area (TPSA) is 43.8 Å². The van der Waals surface area contributed by atoms with Gasteiger partial charge in [0.15, 0.2) is 0 Å². The SMILES string of the molecule is CC(C)n1c(C2(C)CCCS2)nc2cc(CN)ccc21. The van der Waals surface area contributed by atoms with Crippen molar-refractivity contribution in [2.24, 2.45) is 5.73 Å². The van der Waals surface area contributed by atoms with Gasteiger partial charge >= 0.3 is 0 Å². The summed E-state index contributed by atoms with van der Waals surface area (Å²) in [5, 5.41) is 0. The van der Waals surface area contributed by atoms with E-state index in [4.69, 9.17) is 10.7 Å². The number of rotatable bonds is 3. The second-order valence-corrected chi connectivity index (χ2v) is 7.71. The average Bonchev–Trinajstić information content (AvgIpc) is 3.02. The third-order valence-corrected chi connectivity index (χ3v) is 5.71. The van der Waals surface area contributed by atoms with Crippen LogP contribution >= 0.6 is 11.8 Å². The van der Waals surface area contributed by atoms with Crippen molar-refractivity contribution in [1.29, 1.82) is 0 Å². The number of fused-ring (bicyclic) bond motifs is 1. The predicted molar refractivity (Wildman–Crippen MR) is 87.1 cm³/mol. The Kier molecular flexibility index (Phi) is 3.55. The van der Waals surface area contributed by atoms with Crippen LogP contribution in [0, 0.1) is 0 Å². The molecule has 20 heavy (non-hydrogen) atoms. The molecule has 1 unspecified atom stereocenters. The van der Waals surface area contributed by atoms with Gasteiger partial charge < -0.3 is 10.3 Å². The molecule has 0 aliphatic carbocycles. The van der Waals surface area contributed by atoms with E-state index in [1.165, 1.54) is 29.9 Å². The summed E-state index contributed by atoms with van der Waals surface area (Å²) in [5.74, 6) is 2.48. The molecular formula is C16H23N3S. The van der Waals surface area contributed by atoms with E-state index in [1.54, 1.807) is 0 Å². The van der Waals surface area contributed by atoms with Crippen molar-refractivity contribution in [2.45, 2.75) is 50.9 Å². The van der Waals surface area contributed by atoms with Gasteiger partial charge in [-0.2, -0.15) is 0 Å². The molecule has 1 atom stereocenters. The van der Waals surface area contributed by atoms with Gasteiger partial charge in [-0.15, -0.1) is 11.8 Å². The maximum Gasteiger partial charge on any atom is 0.126 e. The van der Waals surface area contributed by atoms with Crippen molar-refractivity contribution in [1.82, 2.24) is 9.55 Å².